The molecular weight excluding hydrogens is 480 g/mol. The zero-order chi connectivity index (χ0) is 15.4. The van der Waals surface area contributed by atoms with Crippen molar-refractivity contribution in [3.05, 3.63) is 58.1 Å². The lowest BCUT2D eigenvalue weighted by atomic mass is 10.0. The Bertz CT molecular complexity index is 638. The van der Waals surface area contributed by atoms with E-state index in [4.69, 9.17) is 0 Å². The lowest BCUT2D eigenvalue weighted by Crippen LogP contribution is -1.91. The highest BCUT2D eigenvalue weighted by Gasteiger charge is 2.09. The second-order valence-corrected chi connectivity index (χ2v) is 9.68. The molecule has 0 spiro atoms. The van der Waals surface area contributed by atoms with Gasteiger partial charge in [-0.15, -0.1) is 0 Å². The minimum atomic E-state index is 0.0986. The Hall–Kier alpha value is -0.100. The fraction of sp³-hybridized carbons (Fsp3) is 0.188. The van der Waals surface area contributed by atoms with Gasteiger partial charge < -0.3 is 0 Å². The van der Waals surface area contributed by atoms with E-state index >= 15 is 0 Å². The van der Waals surface area contributed by atoms with Crippen molar-refractivity contribution < 1.29 is 4.79 Å². The van der Waals surface area contributed by atoms with E-state index < -0.39 is 0 Å². The number of thioether (sulfide) groups is 1. The standard InChI is InChI=1S/C16H13Br3OS/c1-10(20)21-9-11-6-13(8-14(7-11)16(18)19)12-2-4-15(17)5-3-12/h2-8,16H,9H2,1H3. The SMILES string of the molecule is CC(=O)SCc1cc(-c2ccc(Br)cc2)cc(C(Br)Br)c1. The Kier molecular flexibility index (Phi) is 6.53. The molecule has 0 aliphatic heterocycles. The molecule has 0 saturated carbocycles. The molecule has 1 nitrogen and oxygen atoms in total. The molecule has 0 heterocycles. The molecule has 0 N–H and O–H groups in total. The van der Waals surface area contributed by atoms with Gasteiger partial charge in [-0.3, -0.25) is 4.79 Å². The average molecular weight is 493 g/mol. The van der Waals surface area contributed by atoms with Gasteiger partial charge in [-0.1, -0.05) is 83.8 Å². The smallest absolute Gasteiger partial charge is 0.186 e. The van der Waals surface area contributed by atoms with Crippen LogP contribution in [0.15, 0.2) is 46.9 Å². The molecule has 0 aliphatic carbocycles. The molecule has 5 heteroatoms. The van der Waals surface area contributed by atoms with Crippen molar-refractivity contribution in [1.29, 1.82) is 0 Å². The third-order valence-electron chi connectivity index (χ3n) is 2.89. The summed E-state index contributed by atoms with van der Waals surface area (Å²) in [5.41, 5.74) is 4.61. The first-order valence-electron chi connectivity index (χ1n) is 6.27. The lowest BCUT2D eigenvalue weighted by molar-refractivity contribution is -0.109. The monoisotopic (exact) mass is 490 g/mol. The lowest BCUT2D eigenvalue weighted by Gasteiger charge is -2.11. The van der Waals surface area contributed by atoms with Crippen LogP contribution in [0.2, 0.25) is 0 Å². The van der Waals surface area contributed by atoms with Crippen molar-refractivity contribution in [3.8, 4) is 11.1 Å². The Balaban J connectivity index is 2.39. The highest BCUT2D eigenvalue weighted by molar-refractivity contribution is 9.24. The van der Waals surface area contributed by atoms with Gasteiger partial charge >= 0.3 is 0 Å². The van der Waals surface area contributed by atoms with E-state index in [1.807, 2.05) is 12.1 Å². The van der Waals surface area contributed by atoms with E-state index in [-0.39, 0.29) is 8.85 Å². The van der Waals surface area contributed by atoms with Crippen LogP contribution in [-0.2, 0) is 10.5 Å². The molecule has 21 heavy (non-hydrogen) atoms. The molecule has 2 rings (SSSR count). The normalized spacial score (nSPS) is 10.9. The summed E-state index contributed by atoms with van der Waals surface area (Å²) in [7, 11) is 0. The Morgan fingerprint density at radius 2 is 1.76 bits per heavy atom. The molecule has 0 radical (unpaired) electrons. The molecule has 0 fully saturated rings. The predicted molar refractivity (Wildman–Crippen MR) is 102 cm³/mol. The van der Waals surface area contributed by atoms with Crippen LogP contribution in [0.4, 0.5) is 0 Å². The zero-order valence-corrected chi connectivity index (χ0v) is 16.9. The number of hydrogen-bond acceptors (Lipinski definition) is 2. The van der Waals surface area contributed by atoms with Crippen LogP contribution in [0.3, 0.4) is 0 Å². The van der Waals surface area contributed by atoms with Crippen LogP contribution in [0.1, 0.15) is 21.8 Å². The van der Waals surface area contributed by atoms with Crippen LogP contribution in [0, 0.1) is 0 Å². The minimum Gasteiger partial charge on any atom is -0.288 e. The maximum atomic E-state index is 11.2. The molecule has 110 valence electrons. The van der Waals surface area contributed by atoms with Crippen molar-refractivity contribution in [3.63, 3.8) is 0 Å². The third kappa shape index (κ3) is 5.23. The van der Waals surface area contributed by atoms with Gasteiger partial charge in [0.2, 0.25) is 0 Å². The van der Waals surface area contributed by atoms with Gasteiger partial charge in [0.05, 0.1) is 3.74 Å². The number of halogens is 3. The van der Waals surface area contributed by atoms with Crippen molar-refractivity contribution in [1.82, 2.24) is 0 Å². The molecule has 0 aromatic heterocycles. The summed E-state index contributed by atoms with van der Waals surface area (Å²) in [6.45, 7) is 1.60. The van der Waals surface area contributed by atoms with Gasteiger partial charge in [-0.05, 0) is 40.5 Å². The molecular formula is C16H13Br3OS. The fourth-order valence-corrected chi connectivity index (χ4v) is 3.25. The van der Waals surface area contributed by atoms with Crippen LogP contribution < -0.4 is 0 Å². The van der Waals surface area contributed by atoms with Gasteiger partial charge in [0.15, 0.2) is 5.12 Å². The van der Waals surface area contributed by atoms with Gasteiger partial charge in [0, 0.05) is 17.1 Å². The summed E-state index contributed by atoms with van der Waals surface area (Å²) < 4.78 is 1.16. The Morgan fingerprint density at radius 3 is 2.33 bits per heavy atom. The first-order chi connectivity index (χ1) is 9.95. The number of rotatable bonds is 4. The summed E-state index contributed by atoms with van der Waals surface area (Å²) in [6.07, 6.45) is 0. The molecule has 2 aromatic carbocycles. The van der Waals surface area contributed by atoms with Crippen LogP contribution in [0.25, 0.3) is 11.1 Å². The second kappa shape index (κ2) is 7.95. The van der Waals surface area contributed by atoms with E-state index in [2.05, 4.69) is 78.1 Å². The largest absolute Gasteiger partial charge is 0.288 e. The highest BCUT2D eigenvalue weighted by atomic mass is 79.9. The van der Waals surface area contributed by atoms with Gasteiger partial charge in [-0.25, -0.2) is 0 Å². The van der Waals surface area contributed by atoms with Gasteiger partial charge in [0.1, 0.15) is 0 Å². The summed E-state index contributed by atoms with van der Waals surface area (Å²) >= 11 is 11.9. The van der Waals surface area contributed by atoms with E-state index in [1.54, 1.807) is 6.92 Å². The summed E-state index contributed by atoms with van der Waals surface area (Å²) in [5, 5.41) is 0.139. The number of benzene rings is 2. The first-order valence-corrected chi connectivity index (χ1v) is 9.88. The summed E-state index contributed by atoms with van der Waals surface area (Å²) in [4.78, 5) is 11.2. The molecule has 0 bridgehead atoms. The zero-order valence-electron chi connectivity index (χ0n) is 11.3. The molecule has 0 unspecified atom stereocenters. The molecule has 0 aliphatic rings. The Labute approximate surface area is 154 Å². The Morgan fingerprint density at radius 1 is 1.10 bits per heavy atom. The second-order valence-electron chi connectivity index (χ2n) is 4.55. The highest BCUT2D eigenvalue weighted by Crippen LogP contribution is 2.34. The van der Waals surface area contributed by atoms with E-state index in [0.717, 1.165) is 26.7 Å². The number of carbonyl (C=O) groups is 1. The van der Waals surface area contributed by atoms with Crippen molar-refractivity contribution in [2.24, 2.45) is 0 Å². The minimum absolute atomic E-state index is 0.0986. The number of hydrogen-bond donors (Lipinski definition) is 0. The van der Waals surface area contributed by atoms with Gasteiger partial charge in [-0.2, -0.15) is 0 Å². The van der Waals surface area contributed by atoms with Crippen molar-refractivity contribution in [2.75, 3.05) is 0 Å². The van der Waals surface area contributed by atoms with Crippen LogP contribution >= 0.6 is 59.6 Å². The quantitative estimate of drug-likeness (QED) is 0.442. The number of alkyl halides is 2. The summed E-state index contributed by atoms with van der Waals surface area (Å²) in [5.74, 6) is 0.694. The van der Waals surface area contributed by atoms with E-state index in [9.17, 15) is 4.79 Å². The average Bonchev–Trinajstić information content (AvgIpc) is 2.45. The van der Waals surface area contributed by atoms with Gasteiger partial charge in [0.25, 0.3) is 0 Å². The first kappa shape index (κ1) is 17.3. The third-order valence-corrected chi connectivity index (χ3v) is 5.36. The maximum Gasteiger partial charge on any atom is 0.186 e. The fourth-order valence-electron chi connectivity index (χ4n) is 1.92. The van der Waals surface area contributed by atoms with Crippen molar-refractivity contribution in [2.45, 2.75) is 16.4 Å². The maximum absolute atomic E-state index is 11.2. The molecule has 2 aromatic rings. The topological polar surface area (TPSA) is 17.1 Å². The summed E-state index contributed by atoms with van der Waals surface area (Å²) in [6, 6.07) is 14.7. The molecule has 0 amide bonds. The van der Waals surface area contributed by atoms with Crippen LogP contribution in [0.5, 0.6) is 0 Å². The number of carbonyl (C=O) groups excluding carboxylic acids is 1. The van der Waals surface area contributed by atoms with E-state index in [0.29, 0.717) is 5.75 Å². The van der Waals surface area contributed by atoms with E-state index in [1.165, 1.54) is 11.8 Å². The predicted octanol–water partition coefficient (Wildman–Crippen LogP) is 6.68. The van der Waals surface area contributed by atoms with Crippen LogP contribution in [-0.4, -0.2) is 5.12 Å². The molecule has 0 atom stereocenters. The van der Waals surface area contributed by atoms with Crippen molar-refractivity contribution >= 4 is 64.7 Å². The molecule has 0 saturated heterocycles.